The molecule has 0 atom stereocenters. The van der Waals surface area contributed by atoms with E-state index in [1.807, 2.05) is 51.4 Å². The van der Waals surface area contributed by atoms with Gasteiger partial charge >= 0.3 is 0 Å². The molecular formula is C126H75N3O2S4. The number of furan rings is 2. The molecule has 5 nitrogen and oxygen atoms in total. The van der Waals surface area contributed by atoms with Gasteiger partial charge in [-0.1, -0.05) is 358 Å². The van der Waals surface area contributed by atoms with Crippen LogP contribution < -0.4 is 0 Å². The van der Waals surface area contributed by atoms with E-state index in [0.29, 0.717) is 0 Å². The molecule has 21 aromatic carbocycles. The van der Waals surface area contributed by atoms with Gasteiger partial charge in [-0.3, -0.25) is 0 Å². The zero-order valence-electron chi connectivity index (χ0n) is 72.6. The van der Waals surface area contributed by atoms with Crippen LogP contribution in [0.1, 0.15) is 0 Å². The molecule has 630 valence electrons. The average Bonchev–Trinajstić information content (AvgIpc) is 1.55. The van der Waals surface area contributed by atoms with Crippen molar-refractivity contribution in [3.8, 4) is 83.8 Å². The summed E-state index contributed by atoms with van der Waals surface area (Å²) in [4.78, 5) is 0. The van der Waals surface area contributed by atoms with Crippen LogP contribution in [0, 0.1) is 0 Å². The van der Waals surface area contributed by atoms with Crippen LogP contribution in [0.25, 0.3) is 274 Å². The lowest BCUT2D eigenvalue weighted by Gasteiger charge is -2.10. The Balaban J connectivity index is 0.000000101. The molecular weight excluding hydrogens is 1720 g/mol. The molecule has 0 radical (unpaired) electrons. The maximum Gasteiger partial charge on any atom is 0.159 e. The number of benzene rings is 21. The molecule has 0 saturated heterocycles. The number of thiophene rings is 4. The van der Waals surface area contributed by atoms with Gasteiger partial charge in [0.05, 0.1) is 54.9 Å². The minimum absolute atomic E-state index is 0.903. The zero-order chi connectivity index (χ0) is 88.5. The first kappa shape index (κ1) is 77.3. The standard InChI is InChI=1S/2C42H25NOS.C42H25NS2/c1-2-10-26(11-3-1)27-12-8-13-28(24-27)29-20-22-35-34(25-29)40-36(23-21-33-31-15-5-7-19-39(31)45-42(33)40)43(35)37-17-9-16-32-30-14-4-6-18-38(30)44-41(32)37;1-2-10-26(11-3-1)27-20-22-28(23-21-27)29-14-8-15-31-32-16-9-18-37(41(32)44-40(29)31)43-35-17-6-4-13-34(35)39-36(43)25-24-33-30-12-5-7-19-38(30)45-42(33)39;1-2-11-26(12-3-1)27-13-8-14-28(25-27)29-17-9-18-31-32-19-10-21-37(41(32)45-40(29)31)43-35-20-6-4-16-34(35)39-36(43)24-23-33-30-15-5-7-22-38(30)44-42(33)39/h3*1-25H. The molecule has 0 aliphatic carbocycles. The molecule has 0 unspecified atom stereocenters. The quantitative estimate of drug-likeness (QED) is 0.145. The molecule has 0 aliphatic heterocycles. The highest BCUT2D eigenvalue weighted by Crippen LogP contribution is 2.52. The largest absolute Gasteiger partial charge is 0.454 e. The van der Waals surface area contributed by atoms with Gasteiger partial charge in [-0.2, -0.15) is 0 Å². The minimum atomic E-state index is 0.903. The maximum atomic E-state index is 6.92. The van der Waals surface area contributed by atoms with Gasteiger partial charge in [0.15, 0.2) is 11.2 Å². The van der Waals surface area contributed by atoms with Gasteiger partial charge < -0.3 is 22.5 Å². The summed E-state index contributed by atoms with van der Waals surface area (Å²) in [5.74, 6) is 0. The van der Waals surface area contributed by atoms with Crippen LogP contribution in [0.2, 0.25) is 0 Å². The molecule has 9 heterocycles. The van der Waals surface area contributed by atoms with Crippen LogP contribution in [-0.4, -0.2) is 13.7 Å². The van der Waals surface area contributed by atoms with Gasteiger partial charge in [-0.15, -0.1) is 45.3 Å². The van der Waals surface area contributed by atoms with Crippen molar-refractivity contribution in [2.75, 3.05) is 0 Å². The van der Waals surface area contributed by atoms with Crippen molar-refractivity contribution in [3.05, 3.63) is 455 Å². The summed E-state index contributed by atoms with van der Waals surface area (Å²) in [6.45, 7) is 0. The Hall–Kier alpha value is -16.5. The third-order valence-electron chi connectivity index (χ3n) is 27.6. The summed E-state index contributed by atoms with van der Waals surface area (Å²) >= 11 is 7.60. The van der Waals surface area contributed by atoms with Crippen LogP contribution in [0.4, 0.5) is 0 Å². The van der Waals surface area contributed by atoms with Gasteiger partial charge in [0, 0.05) is 135 Å². The van der Waals surface area contributed by atoms with Crippen LogP contribution >= 0.6 is 45.3 Å². The van der Waals surface area contributed by atoms with E-state index in [1.165, 1.54) is 207 Å². The van der Waals surface area contributed by atoms with Crippen molar-refractivity contribution >= 4 is 235 Å². The van der Waals surface area contributed by atoms with Crippen molar-refractivity contribution in [3.63, 3.8) is 0 Å². The molecule has 0 bridgehead atoms. The molecule has 0 spiro atoms. The minimum Gasteiger partial charge on any atom is -0.454 e. The van der Waals surface area contributed by atoms with Crippen molar-refractivity contribution in [1.29, 1.82) is 0 Å². The Morgan fingerprint density at radius 3 is 1.03 bits per heavy atom. The number of rotatable bonds is 9. The number of para-hydroxylation sites is 6. The molecule has 30 aromatic rings. The predicted molar refractivity (Wildman–Crippen MR) is 581 cm³/mol. The number of hydrogen-bond donors (Lipinski definition) is 0. The number of nitrogens with zero attached hydrogens (tertiary/aromatic N) is 3. The second-order valence-corrected chi connectivity index (χ2v) is 39.2. The molecule has 30 rings (SSSR count). The second-order valence-electron chi connectivity index (χ2n) is 35.0. The zero-order valence-corrected chi connectivity index (χ0v) is 75.9. The van der Waals surface area contributed by atoms with Crippen LogP contribution in [0.15, 0.2) is 464 Å². The van der Waals surface area contributed by atoms with Crippen molar-refractivity contribution in [1.82, 2.24) is 13.7 Å². The van der Waals surface area contributed by atoms with E-state index >= 15 is 0 Å². The van der Waals surface area contributed by atoms with Crippen LogP contribution in [-0.2, 0) is 0 Å². The fourth-order valence-corrected chi connectivity index (χ4v) is 26.6. The summed E-state index contributed by atoms with van der Waals surface area (Å²) < 4.78 is 31.4. The molecule has 9 aromatic heterocycles. The molecule has 0 fully saturated rings. The third-order valence-corrected chi connectivity index (χ3v) is 32.5. The smallest absolute Gasteiger partial charge is 0.159 e. The molecule has 0 aliphatic rings. The predicted octanol–water partition coefficient (Wildman–Crippen LogP) is 37.6. The highest BCUT2D eigenvalue weighted by Gasteiger charge is 2.27. The van der Waals surface area contributed by atoms with Gasteiger partial charge in [0.25, 0.3) is 0 Å². The summed E-state index contributed by atoms with van der Waals surface area (Å²) in [5, 5.41) is 22.8. The molecule has 135 heavy (non-hydrogen) atoms. The summed E-state index contributed by atoms with van der Waals surface area (Å²) in [6, 6.07) is 165. The maximum absolute atomic E-state index is 6.92. The molecule has 9 heteroatoms. The average molecular weight is 1790 g/mol. The first-order valence-electron chi connectivity index (χ1n) is 45.8. The fourth-order valence-electron chi connectivity index (χ4n) is 21.5. The summed E-state index contributed by atoms with van der Waals surface area (Å²) in [6.07, 6.45) is 0. The van der Waals surface area contributed by atoms with E-state index in [0.717, 1.165) is 66.4 Å². The van der Waals surface area contributed by atoms with Crippen molar-refractivity contribution in [2.45, 2.75) is 0 Å². The van der Waals surface area contributed by atoms with Gasteiger partial charge in [0.2, 0.25) is 0 Å². The van der Waals surface area contributed by atoms with E-state index in [4.69, 9.17) is 8.83 Å². The molecule has 0 amide bonds. The molecule has 0 saturated carbocycles. The van der Waals surface area contributed by atoms with Crippen molar-refractivity contribution < 1.29 is 8.83 Å². The van der Waals surface area contributed by atoms with E-state index in [2.05, 4.69) is 463 Å². The second kappa shape index (κ2) is 31.1. The van der Waals surface area contributed by atoms with E-state index < -0.39 is 0 Å². The monoisotopic (exact) mass is 1790 g/mol. The lowest BCUT2D eigenvalue weighted by atomic mass is 9.98. The highest BCUT2D eigenvalue weighted by molar-refractivity contribution is 7.28. The summed E-state index contributed by atoms with van der Waals surface area (Å²) in [7, 11) is 0. The SMILES string of the molecule is c1ccc(-c2ccc(-c3cccc4c3oc3c(-n5c6ccccc6c6c7sc8ccccc8c7ccc65)cccc34)cc2)cc1.c1ccc(-c2cccc(-c3ccc4c(c3)c3c5sc6ccccc6c5ccc3n4-c3cccc4c3oc3ccccc34)c2)cc1.c1ccc(-c2cccc(-c3cccc4c3sc3c(-n5c6ccccc6c6c7sc8ccccc8c7ccc65)cccc34)c2)cc1. The Morgan fingerprint density at radius 1 is 0.156 bits per heavy atom. The molecule has 0 N–H and O–H groups in total. The number of fused-ring (bicyclic) bond motifs is 30. The first-order chi connectivity index (χ1) is 67.0. The fraction of sp³-hybridized carbons (Fsp3) is 0. The normalized spacial score (nSPS) is 12.0. The lowest BCUT2D eigenvalue weighted by Crippen LogP contribution is -1.94. The Kier molecular flexibility index (Phi) is 17.8. The van der Waals surface area contributed by atoms with E-state index in [1.54, 1.807) is 0 Å². The Labute approximate surface area is 790 Å². The lowest BCUT2D eigenvalue weighted by molar-refractivity contribution is 0.666. The topological polar surface area (TPSA) is 41.1 Å². The summed E-state index contributed by atoms with van der Waals surface area (Å²) in [5.41, 5.74) is 28.8. The first-order valence-corrected chi connectivity index (χ1v) is 49.1. The van der Waals surface area contributed by atoms with Gasteiger partial charge in [-0.05, 0) is 158 Å². The van der Waals surface area contributed by atoms with E-state index in [-0.39, 0.29) is 0 Å². The number of hydrogen-bond acceptors (Lipinski definition) is 6. The Morgan fingerprint density at radius 2 is 0.481 bits per heavy atom. The highest BCUT2D eigenvalue weighted by atomic mass is 32.1. The number of aromatic nitrogens is 3. The van der Waals surface area contributed by atoms with Gasteiger partial charge in [0.1, 0.15) is 11.2 Å². The van der Waals surface area contributed by atoms with Gasteiger partial charge in [-0.25, -0.2) is 0 Å². The van der Waals surface area contributed by atoms with Crippen LogP contribution in [0.5, 0.6) is 0 Å². The third kappa shape index (κ3) is 12.3. The van der Waals surface area contributed by atoms with E-state index in [9.17, 15) is 0 Å². The Bertz CT molecular complexity index is 10100. The van der Waals surface area contributed by atoms with Crippen molar-refractivity contribution in [2.24, 2.45) is 0 Å². The van der Waals surface area contributed by atoms with Crippen LogP contribution in [0.3, 0.4) is 0 Å².